The molecule has 1 heterocycles. The van der Waals surface area contributed by atoms with E-state index in [2.05, 4.69) is 24.8 Å². The maximum atomic E-state index is 13.1. The summed E-state index contributed by atoms with van der Waals surface area (Å²) in [5.74, 6) is 0.464. The molecule has 5 nitrogen and oxygen atoms in total. The molecular formula is C29H41FNO4. The van der Waals surface area contributed by atoms with Crippen LogP contribution in [0.25, 0.3) is 0 Å². The Kier molecular flexibility index (Phi) is 8.34. The predicted octanol–water partition coefficient (Wildman–Crippen LogP) is 4.93. The van der Waals surface area contributed by atoms with Gasteiger partial charge in [0.15, 0.2) is 0 Å². The number of hydrogen-bond donors (Lipinski definition) is 1. The summed E-state index contributed by atoms with van der Waals surface area (Å²) >= 11 is 0. The van der Waals surface area contributed by atoms with Crippen molar-refractivity contribution in [3.05, 3.63) is 53.7 Å². The molecule has 1 N–H and O–H groups in total. The zero-order valence-electron chi connectivity index (χ0n) is 21.6. The minimum atomic E-state index is -0.946. The van der Waals surface area contributed by atoms with E-state index in [1.165, 1.54) is 19.1 Å². The minimum Gasteiger partial charge on any atom is -0.458 e. The molecule has 0 aromatic heterocycles. The van der Waals surface area contributed by atoms with E-state index in [9.17, 15) is 14.3 Å². The first-order valence-electron chi connectivity index (χ1n) is 13.2. The van der Waals surface area contributed by atoms with Crippen molar-refractivity contribution in [3.63, 3.8) is 0 Å². The van der Waals surface area contributed by atoms with Gasteiger partial charge in [0.1, 0.15) is 11.9 Å². The highest BCUT2D eigenvalue weighted by Gasteiger charge is 2.53. The number of aliphatic hydroxyl groups is 1. The van der Waals surface area contributed by atoms with Crippen molar-refractivity contribution < 1.29 is 23.8 Å². The number of rotatable bonds is 7. The maximum Gasteiger partial charge on any atom is 0.303 e. The van der Waals surface area contributed by atoms with Gasteiger partial charge in [-0.25, -0.2) is 4.39 Å². The number of carbonyl (C=O) groups is 1. The highest BCUT2D eigenvalue weighted by Crippen LogP contribution is 2.50. The average molecular weight is 487 g/mol. The van der Waals surface area contributed by atoms with Gasteiger partial charge in [-0.15, -0.1) is 0 Å². The summed E-state index contributed by atoms with van der Waals surface area (Å²) in [7, 11) is 0. The van der Waals surface area contributed by atoms with Crippen LogP contribution < -0.4 is 0 Å². The molecule has 2 aliphatic carbocycles. The van der Waals surface area contributed by atoms with Crippen LogP contribution in [0.2, 0.25) is 0 Å². The molecule has 1 saturated heterocycles. The van der Waals surface area contributed by atoms with Crippen LogP contribution >= 0.6 is 0 Å². The second kappa shape index (κ2) is 11.1. The van der Waals surface area contributed by atoms with Crippen LogP contribution in [-0.4, -0.2) is 53.4 Å². The van der Waals surface area contributed by atoms with Gasteiger partial charge in [0.25, 0.3) is 0 Å². The predicted molar refractivity (Wildman–Crippen MR) is 134 cm³/mol. The van der Waals surface area contributed by atoms with Gasteiger partial charge in [-0.3, -0.25) is 4.79 Å². The van der Waals surface area contributed by atoms with Gasteiger partial charge in [0.05, 0.1) is 18.3 Å². The van der Waals surface area contributed by atoms with Gasteiger partial charge in [0, 0.05) is 38.9 Å². The molecule has 1 aliphatic heterocycles. The van der Waals surface area contributed by atoms with Crippen molar-refractivity contribution in [3.8, 4) is 0 Å². The third-order valence-electron chi connectivity index (χ3n) is 8.53. The van der Waals surface area contributed by atoms with Crippen molar-refractivity contribution in [1.82, 2.24) is 4.90 Å². The van der Waals surface area contributed by atoms with E-state index < -0.39 is 11.7 Å². The zero-order chi connectivity index (χ0) is 25.2. The van der Waals surface area contributed by atoms with E-state index >= 15 is 0 Å². The summed E-state index contributed by atoms with van der Waals surface area (Å²) in [6, 6.07) is 6.53. The number of hydrogen-bond acceptors (Lipinski definition) is 5. The molecule has 1 radical (unpaired) electrons. The van der Waals surface area contributed by atoms with Gasteiger partial charge in [-0.05, 0) is 73.6 Å². The van der Waals surface area contributed by atoms with Crippen LogP contribution in [0.5, 0.6) is 0 Å². The van der Waals surface area contributed by atoms with Crippen molar-refractivity contribution in [2.75, 3.05) is 19.6 Å². The third kappa shape index (κ3) is 6.15. The van der Waals surface area contributed by atoms with Crippen LogP contribution in [0.15, 0.2) is 35.9 Å². The number of esters is 1. The molecule has 1 saturated carbocycles. The normalized spacial score (nSPS) is 33.0. The number of benzene rings is 1. The molecule has 0 bridgehead atoms. The molecule has 0 spiro atoms. The molecule has 2 fully saturated rings. The van der Waals surface area contributed by atoms with Crippen molar-refractivity contribution in [2.45, 2.75) is 77.8 Å². The SMILES string of the molecule is CC(=O)O[C@@H]1[CH][C@@]2(O)[C@H](C)CC[C@@H](C(C)CN3CCC(OCc4ccc(F)cc4)CC3)[C@H]2C=C1C. The summed E-state index contributed by atoms with van der Waals surface area (Å²) in [6.45, 7) is 11.4. The summed E-state index contributed by atoms with van der Waals surface area (Å²) in [4.78, 5) is 14.1. The Bertz CT molecular complexity index is 894. The average Bonchev–Trinajstić information content (AvgIpc) is 2.81. The minimum absolute atomic E-state index is 0.0460. The van der Waals surface area contributed by atoms with E-state index in [4.69, 9.17) is 9.47 Å². The molecule has 6 atom stereocenters. The molecule has 1 unspecified atom stereocenters. The van der Waals surface area contributed by atoms with Gasteiger partial charge in [-0.1, -0.05) is 32.1 Å². The summed E-state index contributed by atoms with van der Waals surface area (Å²) in [5, 5.41) is 11.7. The lowest BCUT2D eigenvalue weighted by Crippen LogP contribution is -2.56. The fourth-order valence-electron chi connectivity index (χ4n) is 6.35. The number of nitrogens with zero attached hydrogens (tertiary/aromatic N) is 1. The Morgan fingerprint density at radius 1 is 1.20 bits per heavy atom. The number of fused-ring (bicyclic) bond motifs is 1. The topological polar surface area (TPSA) is 59.0 Å². The highest BCUT2D eigenvalue weighted by molar-refractivity contribution is 5.66. The van der Waals surface area contributed by atoms with Crippen LogP contribution in [-0.2, 0) is 20.9 Å². The maximum absolute atomic E-state index is 13.1. The van der Waals surface area contributed by atoms with Crippen molar-refractivity contribution in [2.24, 2.45) is 23.7 Å². The molecule has 193 valence electrons. The van der Waals surface area contributed by atoms with E-state index in [-0.39, 0.29) is 29.7 Å². The molecule has 0 amide bonds. The Hall–Kier alpha value is -1.76. The van der Waals surface area contributed by atoms with E-state index in [0.29, 0.717) is 18.4 Å². The lowest BCUT2D eigenvalue weighted by Gasteiger charge is -2.53. The monoisotopic (exact) mass is 486 g/mol. The Morgan fingerprint density at radius 2 is 1.89 bits per heavy atom. The Labute approximate surface area is 209 Å². The first kappa shape index (κ1) is 26.3. The quantitative estimate of drug-likeness (QED) is 0.437. The first-order valence-corrected chi connectivity index (χ1v) is 13.2. The van der Waals surface area contributed by atoms with E-state index in [1.807, 2.05) is 13.3 Å². The van der Waals surface area contributed by atoms with Gasteiger partial charge in [-0.2, -0.15) is 0 Å². The fourth-order valence-corrected chi connectivity index (χ4v) is 6.35. The molecule has 6 heteroatoms. The summed E-state index contributed by atoms with van der Waals surface area (Å²) in [6.07, 6.45) is 7.93. The second-order valence-corrected chi connectivity index (χ2v) is 11.1. The Balaban J connectivity index is 1.31. The lowest BCUT2D eigenvalue weighted by atomic mass is 9.57. The molecule has 35 heavy (non-hydrogen) atoms. The number of carbonyl (C=O) groups excluding carboxylic acids is 1. The second-order valence-electron chi connectivity index (χ2n) is 11.1. The lowest BCUT2D eigenvalue weighted by molar-refractivity contribution is -0.148. The first-order chi connectivity index (χ1) is 16.7. The van der Waals surface area contributed by atoms with E-state index in [1.54, 1.807) is 12.1 Å². The number of halogens is 1. The van der Waals surface area contributed by atoms with Crippen LogP contribution in [0.4, 0.5) is 4.39 Å². The van der Waals surface area contributed by atoms with Crippen LogP contribution in [0, 0.1) is 35.9 Å². The Morgan fingerprint density at radius 3 is 2.54 bits per heavy atom. The summed E-state index contributed by atoms with van der Waals surface area (Å²) < 4.78 is 24.7. The molecule has 4 rings (SSSR count). The summed E-state index contributed by atoms with van der Waals surface area (Å²) in [5.41, 5.74) is 1.07. The number of piperidine rings is 1. The number of likely N-dealkylation sites (tertiary alicyclic amines) is 1. The smallest absolute Gasteiger partial charge is 0.303 e. The van der Waals surface area contributed by atoms with Gasteiger partial charge < -0.3 is 19.5 Å². The van der Waals surface area contributed by atoms with Gasteiger partial charge >= 0.3 is 5.97 Å². The molecule has 3 aliphatic rings. The highest BCUT2D eigenvalue weighted by atomic mass is 19.1. The van der Waals surface area contributed by atoms with E-state index in [0.717, 1.165) is 56.5 Å². The molecule has 1 aromatic carbocycles. The molecule has 1 aromatic rings. The third-order valence-corrected chi connectivity index (χ3v) is 8.53. The fraction of sp³-hybridized carbons (Fsp3) is 0.655. The zero-order valence-corrected chi connectivity index (χ0v) is 21.6. The van der Waals surface area contributed by atoms with Crippen molar-refractivity contribution >= 4 is 5.97 Å². The standard InChI is InChI=1S/C29H41FNO4/c1-19-15-27-26(10-5-21(3)29(27,33)16-28(19)35-22(4)32)20(2)17-31-13-11-25(12-14-31)34-18-23-6-8-24(30)9-7-23/h6-9,15-16,20-21,25-28,33H,5,10-14,17-18H2,1-4H3/t20?,21-,26+,27-,28-,29-/m1/s1. The van der Waals surface area contributed by atoms with Crippen LogP contribution in [0.3, 0.4) is 0 Å². The molecular weight excluding hydrogens is 445 g/mol. The van der Waals surface area contributed by atoms with Crippen LogP contribution in [0.1, 0.15) is 58.9 Å². The number of ether oxygens (including phenoxy) is 2. The van der Waals surface area contributed by atoms with Gasteiger partial charge in [0.2, 0.25) is 0 Å². The largest absolute Gasteiger partial charge is 0.458 e. The van der Waals surface area contributed by atoms with Crippen molar-refractivity contribution in [1.29, 1.82) is 0 Å².